The molecular formula is C22H18ClN3O4S2. The molecule has 0 saturated heterocycles. The van der Waals surface area contributed by atoms with Crippen LogP contribution in [-0.2, 0) is 14.8 Å². The van der Waals surface area contributed by atoms with Gasteiger partial charge in [-0.05, 0) is 41.8 Å². The van der Waals surface area contributed by atoms with Crippen LogP contribution in [0, 0.1) is 5.92 Å². The zero-order valence-electron chi connectivity index (χ0n) is 16.7. The van der Waals surface area contributed by atoms with Gasteiger partial charge in [0, 0.05) is 10.9 Å². The summed E-state index contributed by atoms with van der Waals surface area (Å²) in [5.41, 5.74) is 0.659. The van der Waals surface area contributed by atoms with Crippen LogP contribution in [0.25, 0.3) is 21.7 Å². The molecule has 164 valence electrons. The maximum absolute atomic E-state index is 13.2. The van der Waals surface area contributed by atoms with E-state index in [4.69, 9.17) is 11.6 Å². The number of sulfonamides is 1. The average Bonchev–Trinajstić information content (AvgIpc) is 3.14. The van der Waals surface area contributed by atoms with E-state index in [1.165, 1.54) is 6.07 Å². The van der Waals surface area contributed by atoms with Crippen LogP contribution in [0.15, 0.2) is 64.9 Å². The number of fused-ring (bicyclic) bond motifs is 1. The lowest BCUT2D eigenvalue weighted by Crippen LogP contribution is -2.45. The number of aromatic amines is 1. The minimum atomic E-state index is -4.07. The van der Waals surface area contributed by atoms with Crippen LogP contribution in [0.5, 0.6) is 0 Å². The Morgan fingerprint density at radius 1 is 1.19 bits per heavy atom. The van der Waals surface area contributed by atoms with Crippen LogP contribution in [0.4, 0.5) is 0 Å². The highest BCUT2D eigenvalue weighted by atomic mass is 35.5. The summed E-state index contributed by atoms with van der Waals surface area (Å²) in [7, 11) is -4.07. The summed E-state index contributed by atoms with van der Waals surface area (Å²) in [6.45, 7) is 1.74. The molecule has 4 aromatic rings. The molecule has 0 spiro atoms. The lowest BCUT2D eigenvalue weighted by Gasteiger charge is -2.15. The monoisotopic (exact) mass is 487 g/mol. The number of halogens is 1. The van der Waals surface area contributed by atoms with E-state index in [0.717, 1.165) is 22.4 Å². The molecule has 10 heteroatoms. The number of aliphatic carboxylic acids is 1. The summed E-state index contributed by atoms with van der Waals surface area (Å²) in [4.78, 5) is 20.4. The van der Waals surface area contributed by atoms with Crippen LogP contribution >= 0.6 is 22.9 Å². The second kappa shape index (κ2) is 7.41. The minimum Gasteiger partial charge on any atom is -0.480 e. The molecule has 2 aromatic carbocycles. The fourth-order valence-corrected chi connectivity index (χ4v) is 7.14. The SMILES string of the molecule is CC1[C@H](c2ccccc2)[C@]1(NS(=O)(=O)c1ccc(-c2nc3ccc(Cl)cc3[nH]2)s1)C(=O)O. The number of thiophene rings is 1. The third-order valence-electron chi connectivity index (χ3n) is 5.94. The van der Waals surface area contributed by atoms with Crippen molar-refractivity contribution in [1.29, 1.82) is 0 Å². The number of carbonyl (C=O) groups is 1. The van der Waals surface area contributed by atoms with Gasteiger partial charge < -0.3 is 10.1 Å². The first-order valence-electron chi connectivity index (χ1n) is 9.80. The quantitative estimate of drug-likeness (QED) is 0.371. The van der Waals surface area contributed by atoms with Crippen LogP contribution in [0.1, 0.15) is 18.4 Å². The molecule has 0 aliphatic heterocycles. The number of nitrogens with one attached hydrogen (secondary N) is 2. The number of hydrogen-bond donors (Lipinski definition) is 3. The molecule has 7 nitrogen and oxygen atoms in total. The lowest BCUT2D eigenvalue weighted by molar-refractivity contribution is -0.140. The number of rotatable bonds is 6. The molecule has 1 aliphatic rings. The van der Waals surface area contributed by atoms with Gasteiger partial charge in [-0.25, -0.2) is 13.4 Å². The molecule has 3 atom stereocenters. The molecule has 0 bridgehead atoms. The highest BCUT2D eigenvalue weighted by molar-refractivity contribution is 7.91. The molecule has 32 heavy (non-hydrogen) atoms. The van der Waals surface area contributed by atoms with Gasteiger partial charge in [0.15, 0.2) is 0 Å². The molecule has 5 rings (SSSR count). The smallest absolute Gasteiger partial charge is 0.325 e. The Bertz CT molecular complexity index is 1450. The van der Waals surface area contributed by atoms with E-state index < -0.39 is 33.4 Å². The predicted octanol–water partition coefficient (Wildman–Crippen LogP) is 4.48. The summed E-state index contributed by atoms with van der Waals surface area (Å²) >= 11 is 7.04. The molecule has 1 aliphatic carbocycles. The first-order chi connectivity index (χ1) is 15.2. The molecular weight excluding hydrogens is 470 g/mol. The third kappa shape index (κ3) is 3.32. The molecule has 1 fully saturated rings. The standard InChI is InChI=1S/C22H18ClN3O4S2/c1-12-19(13-5-3-2-4-6-13)22(12,21(27)28)26-32(29,30)18-10-9-17(31-18)20-24-15-8-7-14(23)11-16(15)25-20/h2-12,19,26H,1H3,(H,24,25)(H,27,28)/t12?,19-,22+/m1/s1. The van der Waals surface area contributed by atoms with Gasteiger partial charge in [-0.15, -0.1) is 11.3 Å². The lowest BCUT2D eigenvalue weighted by atomic mass is 10.1. The number of nitrogens with zero attached hydrogens (tertiary/aromatic N) is 1. The van der Waals surface area contributed by atoms with Crippen LogP contribution < -0.4 is 4.72 Å². The van der Waals surface area contributed by atoms with Crippen LogP contribution in [0.3, 0.4) is 0 Å². The van der Waals surface area contributed by atoms with Gasteiger partial charge in [-0.1, -0.05) is 48.9 Å². The molecule has 0 amide bonds. The number of imidazole rings is 1. The van der Waals surface area contributed by atoms with E-state index in [0.29, 0.717) is 21.2 Å². The number of carboxylic acid groups (broad SMARTS) is 1. The number of aromatic nitrogens is 2. The second-order valence-corrected chi connectivity index (χ2v) is 11.3. The molecule has 0 radical (unpaired) electrons. The minimum absolute atomic E-state index is 0.0255. The normalized spacial score (nSPS) is 22.8. The molecule has 2 aromatic heterocycles. The van der Waals surface area contributed by atoms with Crippen molar-refractivity contribution in [2.75, 3.05) is 0 Å². The zero-order chi connectivity index (χ0) is 22.7. The number of H-pyrrole nitrogens is 1. The van der Waals surface area contributed by atoms with E-state index in [-0.39, 0.29) is 4.21 Å². The Kier molecular flexibility index (Phi) is 4.90. The molecule has 1 saturated carbocycles. The number of hydrogen-bond acceptors (Lipinski definition) is 5. The summed E-state index contributed by atoms with van der Waals surface area (Å²) in [6, 6.07) is 17.5. The summed E-state index contributed by atoms with van der Waals surface area (Å²) < 4.78 is 28.8. The molecule has 1 unspecified atom stereocenters. The van der Waals surface area contributed by atoms with Crippen molar-refractivity contribution in [1.82, 2.24) is 14.7 Å². The summed E-state index contributed by atoms with van der Waals surface area (Å²) in [5.74, 6) is -1.51. The number of benzene rings is 2. The van der Waals surface area contributed by atoms with Crippen LogP contribution in [-0.4, -0.2) is 35.0 Å². The zero-order valence-corrected chi connectivity index (χ0v) is 19.1. The van der Waals surface area contributed by atoms with Gasteiger partial charge in [0.05, 0.1) is 15.9 Å². The third-order valence-corrected chi connectivity index (χ3v) is 9.24. The first-order valence-corrected chi connectivity index (χ1v) is 12.5. The predicted molar refractivity (Wildman–Crippen MR) is 123 cm³/mol. The van der Waals surface area contributed by atoms with Gasteiger partial charge in [0.1, 0.15) is 15.6 Å². The van der Waals surface area contributed by atoms with Crippen molar-refractivity contribution in [3.8, 4) is 10.7 Å². The summed E-state index contributed by atoms with van der Waals surface area (Å²) in [5, 5.41) is 10.5. The molecule has 3 N–H and O–H groups in total. The van der Waals surface area contributed by atoms with E-state index >= 15 is 0 Å². The Morgan fingerprint density at radius 3 is 2.66 bits per heavy atom. The van der Waals surface area contributed by atoms with Crippen molar-refractivity contribution in [3.63, 3.8) is 0 Å². The first kappa shape index (κ1) is 21.1. The highest BCUT2D eigenvalue weighted by Crippen LogP contribution is 2.58. The van der Waals surface area contributed by atoms with Crippen molar-refractivity contribution >= 4 is 50.0 Å². The maximum Gasteiger partial charge on any atom is 0.325 e. The summed E-state index contributed by atoms with van der Waals surface area (Å²) in [6.07, 6.45) is 0. The van der Waals surface area contributed by atoms with E-state index in [1.807, 2.05) is 30.3 Å². The fraction of sp³-hybridized carbons (Fsp3) is 0.182. The van der Waals surface area contributed by atoms with Gasteiger partial charge >= 0.3 is 5.97 Å². The van der Waals surface area contributed by atoms with Crippen LogP contribution in [0.2, 0.25) is 5.02 Å². The highest BCUT2D eigenvalue weighted by Gasteiger charge is 2.70. The largest absolute Gasteiger partial charge is 0.480 e. The Morgan fingerprint density at radius 2 is 1.94 bits per heavy atom. The van der Waals surface area contributed by atoms with Crippen molar-refractivity contribution < 1.29 is 18.3 Å². The molecule has 2 heterocycles. The van der Waals surface area contributed by atoms with E-state index in [1.54, 1.807) is 31.2 Å². The Balaban J connectivity index is 1.46. The van der Waals surface area contributed by atoms with E-state index in [9.17, 15) is 18.3 Å². The topological polar surface area (TPSA) is 112 Å². The van der Waals surface area contributed by atoms with Gasteiger partial charge in [-0.3, -0.25) is 4.79 Å². The Labute approximate surface area is 193 Å². The number of carboxylic acids is 1. The van der Waals surface area contributed by atoms with Crippen molar-refractivity contribution in [2.45, 2.75) is 22.6 Å². The van der Waals surface area contributed by atoms with E-state index in [2.05, 4.69) is 14.7 Å². The van der Waals surface area contributed by atoms with Crippen molar-refractivity contribution in [3.05, 3.63) is 71.2 Å². The second-order valence-electron chi connectivity index (χ2n) is 7.82. The maximum atomic E-state index is 13.2. The average molecular weight is 488 g/mol. The van der Waals surface area contributed by atoms with Crippen molar-refractivity contribution in [2.24, 2.45) is 5.92 Å². The van der Waals surface area contributed by atoms with Gasteiger partial charge in [0.2, 0.25) is 0 Å². The fourth-order valence-electron chi connectivity index (χ4n) is 4.26. The van der Waals surface area contributed by atoms with Gasteiger partial charge in [-0.2, -0.15) is 4.72 Å². The Hall–Kier alpha value is -2.72. The van der Waals surface area contributed by atoms with Gasteiger partial charge in [0.25, 0.3) is 10.0 Å².